The van der Waals surface area contributed by atoms with E-state index in [4.69, 9.17) is 4.74 Å². The third-order valence-corrected chi connectivity index (χ3v) is 5.09. The molecule has 23 heavy (non-hydrogen) atoms. The second-order valence-corrected chi connectivity index (χ2v) is 6.62. The minimum absolute atomic E-state index is 0.0393. The third-order valence-electron chi connectivity index (χ3n) is 5.09. The van der Waals surface area contributed by atoms with Crippen LogP contribution in [0, 0.1) is 5.92 Å². The van der Waals surface area contributed by atoms with Gasteiger partial charge in [0, 0.05) is 18.5 Å². The molecule has 0 saturated heterocycles. The molecule has 0 heterocycles. The standard InChI is InChI=1S/C21H25NO/c1-16-15-20(13-14-21(16,2)23-3)22-19-11-9-18(10-12-19)17-7-5-4-6-8-17/h4-13,16,22H,14-15H2,1-3H3. The van der Waals surface area contributed by atoms with E-state index < -0.39 is 0 Å². The predicted molar refractivity (Wildman–Crippen MR) is 97.4 cm³/mol. The van der Waals surface area contributed by atoms with Gasteiger partial charge in [0.1, 0.15) is 0 Å². The highest BCUT2D eigenvalue weighted by molar-refractivity contribution is 5.66. The SMILES string of the molecule is COC1(C)CC=C(Nc2ccc(-c3ccccc3)cc2)CC1C. The molecule has 0 amide bonds. The number of ether oxygens (including phenoxy) is 1. The van der Waals surface area contributed by atoms with Crippen LogP contribution in [-0.4, -0.2) is 12.7 Å². The summed E-state index contributed by atoms with van der Waals surface area (Å²) in [5.74, 6) is 0.503. The maximum absolute atomic E-state index is 5.68. The van der Waals surface area contributed by atoms with Gasteiger partial charge in [-0.3, -0.25) is 0 Å². The van der Waals surface area contributed by atoms with Gasteiger partial charge < -0.3 is 10.1 Å². The van der Waals surface area contributed by atoms with Gasteiger partial charge in [0.15, 0.2) is 0 Å². The van der Waals surface area contributed by atoms with E-state index in [0.29, 0.717) is 5.92 Å². The van der Waals surface area contributed by atoms with Gasteiger partial charge in [-0.25, -0.2) is 0 Å². The van der Waals surface area contributed by atoms with Crippen molar-refractivity contribution < 1.29 is 4.74 Å². The largest absolute Gasteiger partial charge is 0.378 e. The summed E-state index contributed by atoms with van der Waals surface area (Å²) in [6.07, 6.45) is 4.24. The number of anilines is 1. The highest BCUT2D eigenvalue weighted by Gasteiger charge is 2.33. The molecule has 3 rings (SSSR count). The van der Waals surface area contributed by atoms with Gasteiger partial charge in [0.25, 0.3) is 0 Å². The summed E-state index contributed by atoms with van der Waals surface area (Å²) >= 11 is 0. The molecule has 0 saturated carbocycles. The van der Waals surface area contributed by atoms with Gasteiger partial charge in [0.2, 0.25) is 0 Å². The van der Waals surface area contributed by atoms with Gasteiger partial charge >= 0.3 is 0 Å². The Balaban J connectivity index is 1.70. The minimum Gasteiger partial charge on any atom is -0.378 e. The van der Waals surface area contributed by atoms with Crippen molar-refractivity contribution in [2.24, 2.45) is 5.92 Å². The van der Waals surface area contributed by atoms with Gasteiger partial charge in [0.05, 0.1) is 5.60 Å². The molecule has 0 spiro atoms. The van der Waals surface area contributed by atoms with E-state index in [1.807, 2.05) is 13.2 Å². The molecule has 2 aromatic carbocycles. The highest BCUT2D eigenvalue weighted by atomic mass is 16.5. The lowest BCUT2D eigenvalue weighted by Crippen LogP contribution is -2.38. The summed E-state index contributed by atoms with van der Waals surface area (Å²) in [6, 6.07) is 19.1. The first-order chi connectivity index (χ1) is 11.1. The number of allylic oxidation sites excluding steroid dienone is 1. The fourth-order valence-electron chi connectivity index (χ4n) is 3.10. The summed E-state index contributed by atoms with van der Waals surface area (Å²) in [6.45, 7) is 4.45. The Morgan fingerprint density at radius 2 is 1.65 bits per heavy atom. The Labute approximate surface area is 139 Å². The first kappa shape index (κ1) is 15.8. The number of hydrogen-bond acceptors (Lipinski definition) is 2. The zero-order valence-electron chi connectivity index (χ0n) is 14.2. The Bertz CT molecular complexity index is 675. The van der Waals surface area contributed by atoms with Crippen LogP contribution in [0.1, 0.15) is 26.7 Å². The van der Waals surface area contributed by atoms with E-state index in [2.05, 4.69) is 73.8 Å². The van der Waals surface area contributed by atoms with E-state index in [-0.39, 0.29) is 5.60 Å². The molecule has 2 aromatic rings. The lowest BCUT2D eigenvalue weighted by Gasteiger charge is -2.38. The van der Waals surface area contributed by atoms with Crippen LogP contribution in [0.25, 0.3) is 11.1 Å². The number of rotatable bonds is 4. The topological polar surface area (TPSA) is 21.3 Å². The normalized spacial score (nSPS) is 24.1. The average Bonchev–Trinajstić information content (AvgIpc) is 2.60. The molecule has 0 bridgehead atoms. The zero-order chi connectivity index (χ0) is 16.3. The second-order valence-electron chi connectivity index (χ2n) is 6.62. The van der Waals surface area contributed by atoms with Gasteiger partial charge in [-0.15, -0.1) is 0 Å². The number of hydrogen-bond donors (Lipinski definition) is 1. The summed E-state index contributed by atoms with van der Waals surface area (Å²) in [5.41, 5.74) is 4.89. The lowest BCUT2D eigenvalue weighted by molar-refractivity contribution is -0.0393. The molecule has 0 fully saturated rings. The summed E-state index contributed by atoms with van der Waals surface area (Å²) in [5, 5.41) is 3.56. The molecule has 0 aliphatic heterocycles. The minimum atomic E-state index is -0.0393. The van der Waals surface area contributed by atoms with Gasteiger partial charge in [-0.1, -0.05) is 55.5 Å². The van der Waals surface area contributed by atoms with Crippen molar-refractivity contribution >= 4 is 5.69 Å². The van der Waals surface area contributed by atoms with Crippen LogP contribution >= 0.6 is 0 Å². The van der Waals surface area contributed by atoms with Crippen molar-refractivity contribution in [2.75, 3.05) is 12.4 Å². The molecule has 2 atom stereocenters. The van der Waals surface area contributed by atoms with Crippen LogP contribution in [-0.2, 0) is 4.74 Å². The van der Waals surface area contributed by atoms with E-state index in [1.54, 1.807) is 0 Å². The maximum Gasteiger partial charge on any atom is 0.0714 e. The molecule has 0 aromatic heterocycles. The Kier molecular flexibility index (Phi) is 4.53. The van der Waals surface area contributed by atoms with Crippen molar-refractivity contribution in [3.63, 3.8) is 0 Å². The third kappa shape index (κ3) is 3.48. The molecule has 120 valence electrons. The van der Waals surface area contributed by atoms with Crippen LogP contribution in [0.3, 0.4) is 0 Å². The average molecular weight is 307 g/mol. The summed E-state index contributed by atoms with van der Waals surface area (Å²) in [7, 11) is 1.81. The maximum atomic E-state index is 5.68. The van der Waals surface area contributed by atoms with Crippen molar-refractivity contribution in [2.45, 2.75) is 32.3 Å². The van der Waals surface area contributed by atoms with E-state index in [1.165, 1.54) is 16.8 Å². The fourth-order valence-corrected chi connectivity index (χ4v) is 3.10. The van der Waals surface area contributed by atoms with Crippen LogP contribution in [0.15, 0.2) is 66.4 Å². The molecule has 0 radical (unpaired) electrons. The van der Waals surface area contributed by atoms with E-state index >= 15 is 0 Å². The summed E-state index contributed by atoms with van der Waals surface area (Å²) in [4.78, 5) is 0. The van der Waals surface area contributed by atoms with E-state index in [9.17, 15) is 0 Å². The number of methoxy groups -OCH3 is 1. The van der Waals surface area contributed by atoms with Crippen LogP contribution in [0.5, 0.6) is 0 Å². The van der Waals surface area contributed by atoms with Crippen molar-refractivity contribution in [1.82, 2.24) is 0 Å². The molecule has 2 unspecified atom stereocenters. The molecular formula is C21H25NO. The van der Waals surface area contributed by atoms with Crippen LogP contribution in [0.2, 0.25) is 0 Å². The molecule has 1 aliphatic rings. The predicted octanol–water partition coefficient (Wildman–Crippen LogP) is 5.48. The number of nitrogens with one attached hydrogen (secondary N) is 1. The molecule has 1 N–H and O–H groups in total. The smallest absolute Gasteiger partial charge is 0.0714 e. The van der Waals surface area contributed by atoms with E-state index in [0.717, 1.165) is 18.5 Å². The Morgan fingerprint density at radius 3 is 2.26 bits per heavy atom. The Morgan fingerprint density at radius 1 is 1.00 bits per heavy atom. The monoisotopic (exact) mass is 307 g/mol. The first-order valence-electron chi connectivity index (χ1n) is 8.27. The second kappa shape index (κ2) is 6.59. The first-order valence-corrected chi connectivity index (χ1v) is 8.27. The molecule has 2 heteroatoms. The van der Waals surface area contributed by atoms with Crippen molar-refractivity contribution in [3.05, 3.63) is 66.4 Å². The van der Waals surface area contributed by atoms with Gasteiger partial charge in [-0.05, 0) is 48.9 Å². The van der Waals surface area contributed by atoms with Crippen LogP contribution < -0.4 is 5.32 Å². The molecule has 1 aliphatic carbocycles. The van der Waals surface area contributed by atoms with Gasteiger partial charge in [-0.2, -0.15) is 0 Å². The Hall–Kier alpha value is -2.06. The highest BCUT2D eigenvalue weighted by Crippen LogP contribution is 2.35. The summed E-state index contributed by atoms with van der Waals surface area (Å²) < 4.78 is 5.68. The lowest BCUT2D eigenvalue weighted by atomic mass is 9.80. The quantitative estimate of drug-likeness (QED) is 0.807. The van der Waals surface area contributed by atoms with Crippen molar-refractivity contribution in [3.8, 4) is 11.1 Å². The van der Waals surface area contributed by atoms with Crippen molar-refractivity contribution in [1.29, 1.82) is 0 Å². The fraction of sp³-hybridized carbons (Fsp3) is 0.333. The van der Waals surface area contributed by atoms with Crippen LogP contribution in [0.4, 0.5) is 5.69 Å². The number of benzene rings is 2. The molecule has 2 nitrogen and oxygen atoms in total. The molecular weight excluding hydrogens is 282 g/mol. The zero-order valence-corrected chi connectivity index (χ0v) is 14.2.